The van der Waals surface area contributed by atoms with Crippen molar-refractivity contribution in [3.8, 4) is 6.19 Å². The number of nitrogens with one attached hydrogen (secondary N) is 3. The third-order valence-corrected chi connectivity index (χ3v) is 17.7. The van der Waals surface area contributed by atoms with Gasteiger partial charge in [0.2, 0.25) is 12.2 Å². The lowest BCUT2D eigenvalue weighted by atomic mass is 10.0. The van der Waals surface area contributed by atoms with Crippen LogP contribution in [0.1, 0.15) is 28.9 Å². The first kappa shape index (κ1) is 43.6. The first-order valence-electron chi connectivity index (χ1n) is 19.9. The van der Waals surface area contributed by atoms with Crippen molar-refractivity contribution in [3.63, 3.8) is 0 Å². The summed E-state index contributed by atoms with van der Waals surface area (Å²) in [6.07, 6.45) is 5.36. The van der Waals surface area contributed by atoms with E-state index in [4.69, 9.17) is 5.26 Å². The fourth-order valence-electron chi connectivity index (χ4n) is 8.09. The van der Waals surface area contributed by atoms with Crippen molar-refractivity contribution in [3.05, 3.63) is 140 Å². The van der Waals surface area contributed by atoms with Crippen LogP contribution in [0.25, 0.3) is 21.5 Å². The molecule has 3 fully saturated rings. The van der Waals surface area contributed by atoms with Crippen molar-refractivity contribution in [2.75, 3.05) is 63.9 Å². The van der Waals surface area contributed by atoms with Gasteiger partial charge in [0.1, 0.15) is 25.9 Å². The molecule has 3 saturated heterocycles. The minimum absolute atomic E-state index is 0. The van der Waals surface area contributed by atoms with Crippen LogP contribution < -0.4 is 27.0 Å². The number of rotatable bonds is 6. The molecule has 6 aromatic rings. The number of halogens is 3. The van der Waals surface area contributed by atoms with Gasteiger partial charge in [0.05, 0.1) is 22.2 Å². The lowest BCUT2D eigenvalue weighted by molar-refractivity contribution is 0.251. The normalized spacial score (nSPS) is 17.1. The highest BCUT2D eigenvalue weighted by Gasteiger charge is 2.36. The van der Waals surface area contributed by atoms with Crippen LogP contribution in [0.3, 0.4) is 0 Å². The Kier molecular flexibility index (Phi) is 13.3. The van der Waals surface area contributed by atoms with Crippen LogP contribution in [0.2, 0.25) is 0 Å². The molecule has 3 aliphatic heterocycles. The summed E-state index contributed by atoms with van der Waals surface area (Å²) in [6, 6.07) is 24.0. The molecule has 0 radical (unpaired) electrons. The third kappa shape index (κ3) is 9.24. The molecule has 61 heavy (non-hydrogen) atoms. The SMILES string of the molecule is Cl.N#CN=C(N1CCC1)N1CCP(=O)(c2cc(Cc3n[nH]c(=O)c4ccccc34)ccc2F)CC1.O=c1[nH]nc(Cc2ccc(F)c(P3(=O)CCNCC3)c2)c2ccccc12. The molecule has 2 aromatic heterocycles. The fraction of sp³-hybridized carbons (Fsp3) is 0.302. The molecule has 3 N–H and O–H groups in total. The second-order valence-electron chi connectivity index (χ2n) is 15.3. The van der Waals surface area contributed by atoms with Gasteiger partial charge in [0.25, 0.3) is 11.1 Å². The molecule has 316 valence electrons. The molecule has 18 heteroatoms. The van der Waals surface area contributed by atoms with E-state index in [1.165, 1.54) is 12.1 Å². The van der Waals surface area contributed by atoms with Crippen molar-refractivity contribution in [2.24, 2.45) is 4.99 Å². The molecule has 3 aliphatic rings. The van der Waals surface area contributed by atoms with E-state index in [1.54, 1.807) is 48.5 Å². The van der Waals surface area contributed by atoms with Crippen LogP contribution in [-0.4, -0.2) is 100 Å². The van der Waals surface area contributed by atoms with Gasteiger partial charge in [-0.15, -0.1) is 17.4 Å². The molecule has 0 spiro atoms. The van der Waals surface area contributed by atoms with Gasteiger partial charge in [-0.2, -0.15) is 15.5 Å². The number of benzene rings is 4. The summed E-state index contributed by atoms with van der Waals surface area (Å²) in [6.45, 7) is 3.94. The van der Waals surface area contributed by atoms with Crippen LogP contribution in [0, 0.1) is 23.1 Å². The van der Waals surface area contributed by atoms with Gasteiger partial charge in [0.15, 0.2) is 0 Å². The number of hydrogen-bond acceptors (Lipinski definition) is 9. The van der Waals surface area contributed by atoms with Gasteiger partial charge >= 0.3 is 0 Å². The predicted octanol–water partition coefficient (Wildman–Crippen LogP) is 5.17. The Balaban J connectivity index is 0.000000187. The minimum Gasteiger partial charge on any atom is -0.342 e. The van der Waals surface area contributed by atoms with Gasteiger partial charge in [-0.05, 0) is 53.9 Å². The highest BCUT2D eigenvalue weighted by Crippen LogP contribution is 2.48. The lowest BCUT2D eigenvalue weighted by Crippen LogP contribution is -2.53. The van der Waals surface area contributed by atoms with Gasteiger partial charge in [0, 0.05) is 98.1 Å². The van der Waals surface area contributed by atoms with Crippen LogP contribution in [0.15, 0.2) is 99.5 Å². The van der Waals surface area contributed by atoms with Gasteiger partial charge in [-0.25, -0.2) is 19.0 Å². The Hall–Kier alpha value is -5.51. The lowest BCUT2D eigenvalue weighted by Gasteiger charge is -2.41. The maximum Gasteiger partial charge on any atom is 0.272 e. The third-order valence-electron chi connectivity index (χ3n) is 11.5. The molecule has 13 nitrogen and oxygen atoms in total. The number of fused-ring (bicyclic) bond motifs is 2. The summed E-state index contributed by atoms with van der Waals surface area (Å²) in [5.41, 5.74) is 2.51. The first-order chi connectivity index (χ1) is 29.0. The molecule has 0 bridgehead atoms. The molecule has 0 unspecified atom stereocenters. The number of nitriles is 1. The summed E-state index contributed by atoms with van der Waals surface area (Å²) in [7, 11) is -5.67. The average molecular weight is 886 g/mol. The largest absolute Gasteiger partial charge is 0.342 e. The molecule has 4 aromatic carbocycles. The predicted molar refractivity (Wildman–Crippen MR) is 238 cm³/mol. The van der Waals surface area contributed by atoms with Crippen LogP contribution in [-0.2, 0) is 22.0 Å². The second-order valence-corrected chi connectivity index (χ2v) is 21.6. The van der Waals surface area contributed by atoms with Crippen LogP contribution >= 0.6 is 26.7 Å². The van der Waals surface area contributed by atoms with E-state index in [9.17, 15) is 27.5 Å². The molecule has 0 amide bonds. The zero-order chi connectivity index (χ0) is 41.9. The smallest absolute Gasteiger partial charge is 0.272 e. The molecule has 0 saturated carbocycles. The van der Waals surface area contributed by atoms with E-state index < -0.39 is 25.9 Å². The topological polar surface area (TPSA) is 180 Å². The Labute approximate surface area is 356 Å². The van der Waals surface area contributed by atoms with E-state index >= 15 is 0 Å². The zero-order valence-electron chi connectivity index (χ0n) is 33.2. The van der Waals surface area contributed by atoms with E-state index in [0.29, 0.717) is 97.1 Å². The number of aliphatic imine (C=N–C) groups is 1. The Morgan fingerprint density at radius 2 is 1.11 bits per heavy atom. The Morgan fingerprint density at radius 3 is 1.56 bits per heavy atom. The maximum atomic E-state index is 14.9. The summed E-state index contributed by atoms with van der Waals surface area (Å²) < 4.78 is 56.3. The van der Waals surface area contributed by atoms with Gasteiger partial charge < -0.3 is 24.2 Å². The highest BCUT2D eigenvalue weighted by atomic mass is 35.5. The molecular formula is C43H44ClF2N9O4P2. The molecular weight excluding hydrogens is 842 g/mol. The summed E-state index contributed by atoms with van der Waals surface area (Å²) in [4.78, 5) is 32.0. The number of likely N-dealkylation sites (tertiary alicyclic amines) is 1. The Bertz CT molecular complexity index is 2880. The standard InChI is InChI=1S/C24H24FN6O2P.C19H19FN3O2P.ClH/c25-20-7-6-17(14-21-18-4-1-2-5-19(18)23(32)29-28-21)15-22(20)34(33)12-10-31(11-13-34)24(27-16-26)30-8-3-9-30;20-16-6-5-13(12-18(16)26(25)9-7-21-8-10-26)11-17-14-3-1-2-4-15(14)19(24)23-22-17;/h1-2,4-7,15H,3,8-14H2,(H,29,32);1-6,12,21H,7-11H2,(H,23,24);1H. The van der Waals surface area contributed by atoms with Crippen molar-refractivity contribution in [1.29, 1.82) is 5.26 Å². The summed E-state index contributed by atoms with van der Waals surface area (Å²) in [5, 5.41) is 28.9. The molecule has 5 heterocycles. The van der Waals surface area contributed by atoms with E-state index in [1.807, 2.05) is 40.3 Å². The van der Waals surface area contributed by atoms with Crippen molar-refractivity contribution in [2.45, 2.75) is 19.3 Å². The highest BCUT2D eigenvalue weighted by molar-refractivity contribution is 7.72. The van der Waals surface area contributed by atoms with Crippen molar-refractivity contribution >= 4 is 64.8 Å². The number of aromatic amines is 2. The van der Waals surface area contributed by atoms with E-state index in [0.717, 1.165) is 41.4 Å². The number of nitrogens with zero attached hydrogens (tertiary/aromatic N) is 6. The fourth-order valence-corrected chi connectivity index (χ4v) is 13.4. The van der Waals surface area contributed by atoms with E-state index in [-0.39, 0.29) is 28.8 Å². The quantitative estimate of drug-likeness (QED) is 0.0875. The number of H-pyrrole nitrogens is 2. The van der Waals surface area contributed by atoms with Gasteiger partial charge in [-0.3, -0.25) is 9.59 Å². The average Bonchev–Trinajstić information content (AvgIpc) is 3.24. The van der Waals surface area contributed by atoms with Crippen molar-refractivity contribution in [1.82, 2.24) is 35.5 Å². The van der Waals surface area contributed by atoms with E-state index in [2.05, 4.69) is 30.7 Å². The van der Waals surface area contributed by atoms with Crippen LogP contribution in [0.5, 0.6) is 0 Å². The maximum absolute atomic E-state index is 14.9. The minimum atomic E-state index is -2.96. The van der Waals surface area contributed by atoms with Crippen LogP contribution in [0.4, 0.5) is 8.78 Å². The van der Waals surface area contributed by atoms with Crippen molar-refractivity contribution < 1.29 is 17.9 Å². The second kappa shape index (κ2) is 18.6. The monoisotopic (exact) mass is 885 g/mol. The molecule has 0 aliphatic carbocycles. The number of guanidine groups is 1. The molecule has 0 atom stereocenters. The number of aromatic nitrogens is 4. The summed E-state index contributed by atoms with van der Waals surface area (Å²) in [5.74, 6) is -0.239. The first-order valence-corrected chi connectivity index (χ1v) is 24.0. The Morgan fingerprint density at radius 1 is 0.672 bits per heavy atom. The zero-order valence-corrected chi connectivity index (χ0v) is 35.8. The number of hydrogen-bond donors (Lipinski definition) is 3. The van der Waals surface area contributed by atoms with Gasteiger partial charge in [-0.1, -0.05) is 48.5 Å². The molecule has 9 rings (SSSR count). The summed E-state index contributed by atoms with van der Waals surface area (Å²) >= 11 is 0.